The van der Waals surface area contributed by atoms with Crippen LogP contribution in [0.2, 0.25) is 6.82 Å². The molecule has 0 radical (unpaired) electrons. The fourth-order valence-electron chi connectivity index (χ4n) is 10.9. The molecule has 2 aliphatic carbocycles. The minimum absolute atomic E-state index is 0.0732. The molecule has 1 N–H and O–H groups in total. The van der Waals surface area contributed by atoms with Crippen LogP contribution in [0.4, 0.5) is 22.7 Å². The van der Waals surface area contributed by atoms with Gasteiger partial charge >= 0.3 is 0 Å². The highest BCUT2D eigenvalue weighted by Crippen LogP contribution is 2.55. The minimum Gasteiger partial charge on any atom is -0.355 e. The highest BCUT2D eigenvalue weighted by Gasteiger charge is 2.41. The van der Waals surface area contributed by atoms with E-state index in [2.05, 4.69) is 193 Å². The van der Waals surface area contributed by atoms with E-state index in [0.29, 0.717) is 0 Å². The van der Waals surface area contributed by atoms with Crippen LogP contribution in [0, 0.1) is 0 Å². The number of para-hydroxylation sites is 1. The normalized spacial score (nSPS) is 17.4. The Morgan fingerprint density at radius 1 is 0.700 bits per heavy atom. The third kappa shape index (κ3) is 6.12. The van der Waals surface area contributed by atoms with Crippen molar-refractivity contribution in [1.82, 2.24) is 0 Å². The molecule has 0 saturated heterocycles. The molecule has 6 aromatic carbocycles. The lowest BCUT2D eigenvalue weighted by Crippen LogP contribution is -2.39. The average molecular weight is 801 g/mol. The smallest absolute Gasteiger partial charge is 0.157 e. The average Bonchev–Trinajstić information content (AvgIpc) is 3.64. The van der Waals surface area contributed by atoms with Crippen LogP contribution >= 0.6 is 11.3 Å². The number of benzene rings is 6. The van der Waals surface area contributed by atoms with Crippen LogP contribution < -0.4 is 15.7 Å². The summed E-state index contributed by atoms with van der Waals surface area (Å²) in [7, 11) is 0.967. The predicted octanol–water partition coefficient (Wildman–Crippen LogP) is 15.2. The minimum atomic E-state index is -0.0732. The Hall–Kier alpha value is -5.32. The van der Waals surface area contributed by atoms with E-state index in [1.165, 1.54) is 106 Å². The van der Waals surface area contributed by atoms with E-state index < -0.39 is 0 Å². The summed E-state index contributed by atoms with van der Waals surface area (Å²) in [5.41, 5.74) is 20.2. The molecule has 2 nitrogen and oxygen atoms in total. The Morgan fingerprint density at radius 2 is 1.47 bits per heavy atom. The van der Waals surface area contributed by atoms with Crippen molar-refractivity contribution in [1.29, 1.82) is 0 Å². The highest BCUT2D eigenvalue weighted by molar-refractivity contribution is 7.26. The van der Waals surface area contributed by atoms with Gasteiger partial charge in [-0.25, -0.2) is 0 Å². The molecule has 2 heterocycles. The van der Waals surface area contributed by atoms with Crippen LogP contribution in [0.15, 0.2) is 139 Å². The number of nitrogens with zero attached hydrogens (tertiary/aromatic N) is 1. The maximum absolute atomic E-state index is 4.08. The number of thiophene rings is 1. The number of hydrogen-bond donors (Lipinski definition) is 1. The van der Waals surface area contributed by atoms with Crippen molar-refractivity contribution in [3.63, 3.8) is 0 Å². The SMILES string of the molecule is CBc1cccc2c1N(c1cc(-c3c(Nc4ccc5c(c4)C(C)(C)CCC5(C)C)ccc(CC)c3-c3ccccc3)cc3sc4ccccc4c13)C1=C(CCC=C1)C2(C)C. The summed E-state index contributed by atoms with van der Waals surface area (Å²) in [5, 5.41) is 6.74. The molecule has 0 bridgehead atoms. The zero-order valence-corrected chi connectivity index (χ0v) is 37.5. The van der Waals surface area contributed by atoms with Crippen molar-refractivity contribution in [2.45, 2.75) is 104 Å². The number of fused-ring (bicyclic) bond motifs is 5. The van der Waals surface area contributed by atoms with Gasteiger partial charge in [0.05, 0.1) is 5.69 Å². The second kappa shape index (κ2) is 14.4. The summed E-state index contributed by atoms with van der Waals surface area (Å²) in [6, 6.07) is 44.1. The standard InChI is InChI=1S/C56H57BN2S/c1-9-35-26-29-45(58-38-27-28-40-43(34-38)55(4,5)31-30-54(40,2)3)51(50(35)36-18-11-10-12-19-36)37-32-47(52-39-20-13-16-25-48(39)60-49(52)33-37)59-46-24-15-14-21-41(46)56(6,7)42-22-17-23-44(57-8)53(42)59/h10-13,15-20,22-29,32-34,57-58H,9,14,21,30-31H2,1-8H3. The maximum Gasteiger partial charge on any atom is 0.157 e. The van der Waals surface area contributed by atoms with Gasteiger partial charge in [0.2, 0.25) is 0 Å². The van der Waals surface area contributed by atoms with E-state index >= 15 is 0 Å². The first kappa shape index (κ1) is 38.9. The van der Waals surface area contributed by atoms with Gasteiger partial charge < -0.3 is 10.2 Å². The molecule has 10 rings (SSSR count). The maximum atomic E-state index is 4.08. The zero-order chi connectivity index (χ0) is 41.6. The van der Waals surface area contributed by atoms with E-state index in [1.807, 2.05) is 11.3 Å². The Morgan fingerprint density at radius 3 is 2.25 bits per heavy atom. The van der Waals surface area contributed by atoms with Crippen molar-refractivity contribution in [2.75, 3.05) is 10.2 Å². The molecule has 0 unspecified atom stereocenters. The lowest BCUT2D eigenvalue weighted by molar-refractivity contribution is 0.332. The molecule has 3 aliphatic rings. The molecule has 0 spiro atoms. The number of rotatable bonds is 7. The third-order valence-corrected chi connectivity index (χ3v) is 15.5. The number of hydrogen-bond acceptors (Lipinski definition) is 3. The summed E-state index contributed by atoms with van der Waals surface area (Å²) in [6.45, 7) is 19.2. The largest absolute Gasteiger partial charge is 0.355 e. The number of allylic oxidation sites excluding steroid dienone is 3. The van der Waals surface area contributed by atoms with Crippen molar-refractivity contribution >= 4 is 67.0 Å². The molecule has 60 heavy (non-hydrogen) atoms. The monoisotopic (exact) mass is 800 g/mol. The van der Waals surface area contributed by atoms with Crippen LogP contribution in [-0.4, -0.2) is 7.28 Å². The van der Waals surface area contributed by atoms with Crippen LogP contribution in [0.1, 0.15) is 96.4 Å². The van der Waals surface area contributed by atoms with Gasteiger partial charge in [-0.2, -0.15) is 0 Å². The summed E-state index contributed by atoms with van der Waals surface area (Å²) in [4.78, 5) is 2.68. The number of anilines is 4. The van der Waals surface area contributed by atoms with Crippen LogP contribution in [-0.2, 0) is 22.7 Å². The summed E-state index contributed by atoms with van der Waals surface area (Å²) in [6.07, 6.45) is 10.3. The van der Waals surface area contributed by atoms with E-state index in [0.717, 1.165) is 37.9 Å². The highest BCUT2D eigenvalue weighted by atomic mass is 32.1. The van der Waals surface area contributed by atoms with E-state index in [-0.39, 0.29) is 16.2 Å². The van der Waals surface area contributed by atoms with Crippen LogP contribution in [0.25, 0.3) is 42.4 Å². The van der Waals surface area contributed by atoms with Gasteiger partial charge in [0.1, 0.15) is 0 Å². The lowest BCUT2D eigenvalue weighted by atomic mass is 9.63. The molecule has 0 amide bonds. The van der Waals surface area contributed by atoms with Gasteiger partial charge in [-0.1, -0.05) is 146 Å². The molecule has 0 atom stereocenters. The van der Waals surface area contributed by atoms with Gasteiger partial charge in [-0.15, -0.1) is 11.3 Å². The third-order valence-electron chi connectivity index (χ3n) is 14.4. The Balaban J connectivity index is 1.29. The van der Waals surface area contributed by atoms with E-state index in [1.54, 1.807) is 0 Å². The Bertz CT molecular complexity index is 2910. The van der Waals surface area contributed by atoms with Crippen molar-refractivity contribution in [3.05, 3.63) is 161 Å². The molecular weight excluding hydrogens is 744 g/mol. The first-order valence-corrected chi connectivity index (χ1v) is 23.1. The van der Waals surface area contributed by atoms with Crippen molar-refractivity contribution < 1.29 is 0 Å². The molecule has 4 heteroatoms. The van der Waals surface area contributed by atoms with Crippen LogP contribution in [0.5, 0.6) is 0 Å². The molecule has 1 aromatic heterocycles. The Labute approximate surface area is 362 Å². The molecule has 0 fully saturated rings. The quantitative estimate of drug-likeness (QED) is 0.162. The van der Waals surface area contributed by atoms with Gasteiger partial charge in [0.15, 0.2) is 7.28 Å². The number of nitrogens with one attached hydrogen (secondary N) is 1. The predicted molar refractivity (Wildman–Crippen MR) is 264 cm³/mol. The first-order valence-electron chi connectivity index (χ1n) is 22.3. The Kier molecular flexibility index (Phi) is 9.33. The van der Waals surface area contributed by atoms with Crippen LogP contribution in [0.3, 0.4) is 0 Å². The van der Waals surface area contributed by atoms with Gasteiger partial charge in [0, 0.05) is 53.9 Å². The van der Waals surface area contributed by atoms with Crippen molar-refractivity contribution in [2.24, 2.45) is 0 Å². The molecule has 1 aliphatic heterocycles. The summed E-state index contributed by atoms with van der Waals surface area (Å²) in [5.74, 6) is 0. The molecule has 7 aromatic rings. The van der Waals surface area contributed by atoms with Gasteiger partial charge in [-0.3, -0.25) is 0 Å². The second-order valence-corrected chi connectivity index (χ2v) is 20.4. The second-order valence-electron chi connectivity index (χ2n) is 19.3. The first-order chi connectivity index (χ1) is 28.9. The molecule has 300 valence electrons. The number of aryl methyl sites for hydroxylation is 1. The van der Waals surface area contributed by atoms with E-state index in [9.17, 15) is 0 Å². The van der Waals surface area contributed by atoms with Gasteiger partial charge in [0.25, 0.3) is 0 Å². The van der Waals surface area contributed by atoms with Gasteiger partial charge in [-0.05, 0) is 130 Å². The fraction of sp³-hybridized carbons (Fsp3) is 0.286. The molecular formula is C56H57BN2S. The van der Waals surface area contributed by atoms with Crippen molar-refractivity contribution in [3.8, 4) is 22.3 Å². The molecule has 0 saturated carbocycles. The topological polar surface area (TPSA) is 15.3 Å². The lowest BCUT2D eigenvalue weighted by Gasteiger charge is -2.45. The van der Waals surface area contributed by atoms with E-state index in [4.69, 9.17) is 0 Å². The fourth-order valence-corrected chi connectivity index (χ4v) is 12.1. The summed E-state index contributed by atoms with van der Waals surface area (Å²) < 4.78 is 2.64. The summed E-state index contributed by atoms with van der Waals surface area (Å²) >= 11 is 1.92. The zero-order valence-electron chi connectivity index (χ0n) is 36.7.